The molecule has 0 spiro atoms. The van der Waals surface area contributed by atoms with Crippen LogP contribution in [0.5, 0.6) is 0 Å². The molecule has 0 unspecified atom stereocenters. The molecule has 0 bridgehead atoms. The number of aromatic nitrogens is 1. The highest BCUT2D eigenvalue weighted by atomic mass is 16.2. The standard InChI is InChI=1S/C23H23N3O3/c1-3-19-21(27)24-11-12-26(19)23(29)16-8-6-7-15(13-16)20-14(2)17-9-4-5-10-18(17)25-22(20)28/h4-10,13,19H,3,11-12H2,1-2H3,(H,24,27)(H,25,28)/t19-/m0/s1. The molecule has 6 nitrogen and oxygen atoms in total. The average molecular weight is 389 g/mol. The zero-order valence-electron chi connectivity index (χ0n) is 16.5. The first kappa shape index (κ1) is 18.9. The number of nitrogens with zero attached hydrogens (tertiary/aromatic N) is 1. The predicted octanol–water partition coefficient (Wildman–Crippen LogP) is 2.85. The number of amides is 2. The van der Waals surface area contributed by atoms with E-state index < -0.39 is 6.04 Å². The number of hydrogen-bond acceptors (Lipinski definition) is 3. The van der Waals surface area contributed by atoms with Gasteiger partial charge in [-0.3, -0.25) is 14.4 Å². The van der Waals surface area contributed by atoms with Crippen LogP contribution in [-0.2, 0) is 4.79 Å². The number of nitrogens with one attached hydrogen (secondary N) is 2. The van der Waals surface area contributed by atoms with E-state index in [2.05, 4.69) is 10.3 Å². The molecule has 1 aliphatic rings. The van der Waals surface area contributed by atoms with Crippen LogP contribution >= 0.6 is 0 Å². The van der Waals surface area contributed by atoms with Gasteiger partial charge in [0.1, 0.15) is 6.04 Å². The summed E-state index contributed by atoms with van der Waals surface area (Å²) in [6.07, 6.45) is 0.556. The van der Waals surface area contributed by atoms with Crippen LogP contribution in [0.2, 0.25) is 0 Å². The van der Waals surface area contributed by atoms with Gasteiger partial charge in [0.25, 0.3) is 11.5 Å². The van der Waals surface area contributed by atoms with Gasteiger partial charge in [-0.1, -0.05) is 37.3 Å². The zero-order chi connectivity index (χ0) is 20.5. The molecule has 6 heteroatoms. The van der Waals surface area contributed by atoms with Crippen molar-refractivity contribution in [3.63, 3.8) is 0 Å². The molecule has 3 aromatic rings. The fourth-order valence-electron chi connectivity index (χ4n) is 4.09. The van der Waals surface area contributed by atoms with Crippen molar-refractivity contribution in [1.82, 2.24) is 15.2 Å². The number of piperazine rings is 1. The van der Waals surface area contributed by atoms with E-state index in [9.17, 15) is 14.4 Å². The van der Waals surface area contributed by atoms with E-state index in [4.69, 9.17) is 0 Å². The lowest BCUT2D eigenvalue weighted by Crippen LogP contribution is -2.56. The quantitative estimate of drug-likeness (QED) is 0.723. The molecule has 1 atom stereocenters. The lowest BCUT2D eigenvalue weighted by molar-refractivity contribution is -0.127. The van der Waals surface area contributed by atoms with Gasteiger partial charge in [0.15, 0.2) is 0 Å². The molecule has 1 aromatic heterocycles. The topological polar surface area (TPSA) is 82.3 Å². The molecule has 1 aliphatic heterocycles. The number of benzene rings is 2. The first-order chi connectivity index (χ1) is 14.0. The third kappa shape index (κ3) is 3.31. The Morgan fingerprint density at radius 2 is 1.93 bits per heavy atom. The van der Waals surface area contributed by atoms with E-state index in [0.717, 1.165) is 16.5 Å². The summed E-state index contributed by atoms with van der Waals surface area (Å²) in [5.74, 6) is -0.312. The van der Waals surface area contributed by atoms with Crippen molar-refractivity contribution in [2.24, 2.45) is 0 Å². The lowest BCUT2D eigenvalue weighted by atomic mass is 9.96. The van der Waals surface area contributed by atoms with E-state index in [1.165, 1.54) is 0 Å². The Morgan fingerprint density at radius 3 is 2.72 bits per heavy atom. The van der Waals surface area contributed by atoms with Crippen LogP contribution in [0.4, 0.5) is 0 Å². The first-order valence-electron chi connectivity index (χ1n) is 9.82. The van der Waals surface area contributed by atoms with Crippen LogP contribution in [0.1, 0.15) is 29.3 Å². The molecule has 0 saturated carbocycles. The Morgan fingerprint density at radius 1 is 1.14 bits per heavy atom. The molecule has 2 heterocycles. The number of carbonyl (C=O) groups is 2. The highest BCUT2D eigenvalue weighted by molar-refractivity contribution is 5.99. The molecule has 1 fully saturated rings. The second-order valence-electron chi connectivity index (χ2n) is 7.29. The van der Waals surface area contributed by atoms with Crippen molar-refractivity contribution in [3.8, 4) is 11.1 Å². The van der Waals surface area contributed by atoms with Crippen LogP contribution < -0.4 is 10.9 Å². The van der Waals surface area contributed by atoms with Gasteiger partial charge in [-0.15, -0.1) is 0 Å². The van der Waals surface area contributed by atoms with E-state index in [-0.39, 0.29) is 17.4 Å². The maximum atomic E-state index is 13.1. The second-order valence-corrected chi connectivity index (χ2v) is 7.29. The Bertz CT molecular complexity index is 1170. The number of hydrogen-bond donors (Lipinski definition) is 2. The lowest BCUT2D eigenvalue weighted by Gasteiger charge is -2.34. The third-order valence-electron chi connectivity index (χ3n) is 5.56. The smallest absolute Gasteiger partial charge is 0.256 e. The van der Waals surface area contributed by atoms with Gasteiger partial charge in [-0.25, -0.2) is 0 Å². The molecular formula is C23H23N3O3. The summed E-state index contributed by atoms with van der Waals surface area (Å²) in [6, 6.07) is 14.3. The number of para-hydroxylation sites is 1. The van der Waals surface area contributed by atoms with E-state index in [1.807, 2.05) is 44.2 Å². The van der Waals surface area contributed by atoms with Crippen molar-refractivity contribution in [2.45, 2.75) is 26.3 Å². The Balaban J connectivity index is 1.77. The molecule has 29 heavy (non-hydrogen) atoms. The number of H-pyrrole nitrogens is 1. The summed E-state index contributed by atoms with van der Waals surface area (Å²) in [5.41, 5.74) is 3.20. The normalized spacial score (nSPS) is 16.7. The largest absolute Gasteiger partial charge is 0.353 e. The van der Waals surface area contributed by atoms with Gasteiger partial charge < -0.3 is 15.2 Å². The molecule has 0 radical (unpaired) electrons. The van der Waals surface area contributed by atoms with Crippen molar-refractivity contribution < 1.29 is 9.59 Å². The van der Waals surface area contributed by atoms with Gasteiger partial charge in [0, 0.05) is 29.6 Å². The first-order valence-corrected chi connectivity index (χ1v) is 9.82. The molecule has 0 aliphatic carbocycles. The summed E-state index contributed by atoms with van der Waals surface area (Å²) in [5, 5.41) is 3.78. The highest BCUT2D eigenvalue weighted by Gasteiger charge is 2.32. The summed E-state index contributed by atoms with van der Waals surface area (Å²) in [7, 11) is 0. The molecular weight excluding hydrogens is 366 g/mol. The minimum absolute atomic E-state index is 0.120. The number of aromatic amines is 1. The fraction of sp³-hybridized carbons (Fsp3) is 0.261. The number of rotatable bonds is 3. The van der Waals surface area contributed by atoms with Crippen LogP contribution in [0.25, 0.3) is 22.0 Å². The summed E-state index contributed by atoms with van der Waals surface area (Å²) in [6.45, 7) is 4.74. The Labute approximate surface area is 168 Å². The summed E-state index contributed by atoms with van der Waals surface area (Å²) >= 11 is 0. The minimum atomic E-state index is -0.467. The van der Waals surface area contributed by atoms with Crippen LogP contribution in [0.3, 0.4) is 0 Å². The molecule has 1 saturated heterocycles. The average Bonchev–Trinajstić information content (AvgIpc) is 2.73. The van der Waals surface area contributed by atoms with E-state index in [0.29, 0.717) is 36.2 Å². The molecule has 2 N–H and O–H groups in total. The van der Waals surface area contributed by atoms with Crippen molar-refractivity contribution in [3.05, 3.63) is 70.0 Å². The summed E-state index contributed by atoms with van der Waals surface area (Å²) < 4.78 is 0. The number of carbonyl (C=O) groups excluding carboxylic acids is 2. The highest BCUT2D eigenvalue weighted by Crippen LogP contribution is 2.26. The van der Waals surface area contributed by atoms with E-state index >= 15 is 0 Å². The fourth-order valence-corrected chi connectivity index (χ4v) is 4.09. The number of aryl methyl sites for hydroxylation is 1. The van der Waals surface area contributed by atoms with Gasteiger partial charge >= 0.3 is 0 Å². The SMILES string of the molecule is CC[C@H]1C(=O)NCCN1C(=O)c1cccc(-c2c(C)c3ccccc3[nH]c2=O)c1. The molecule has 148 valence electrons. The number of pyridine rings is 1. The minimum Gasteiger partial charge on any atom is -0.353 e. The molecule has 2 aromatic carbocycles. The third-order valence-corrected chi connectivity index (χ3v) is 5.56. The van der Waals surface area contributed by atoms with E-state index in [1.54, 1.807) is 23.1 Å². The maximum absolute atomic E-state index is 13.1. The second kappa shape index (κ2) is 7.54. The van der Waals surface area contributed by atoms with Gasteiger partial charge in [0.2, 0.25) is 5.91 Å². The molecule has 4 rings (SSSR count). The van der Waals surface area contributed by atoms with Gasteiger partial charge in [-0.05, 0) is 42.7 Å². The zero-order valence-corrected chi connectivity index (χ0v) is 16.5. The van der Waals surface area contributed by atoms with Crippen LogP contribution in [0.15, 0.2) is 53.3 Å². The van der Waals surface area contributed by atoms with Gasteiger partial charge in [0.05, 0.1) is 5.56 Å². The Hall–Kier alpha value is -3.41. The van der Waals surface area contributed by atoms with Crippen molar-refractivity contribution >= 4 is 22.7 Å². The van der Waals surface area contributed by atoms with Crippen molar-refractivity contribution in [2.75, 3.05) is 13.1 Å². The molecule has 2 amide bonds. The number of fused-ring (bicyclic) bond motifs is 1. The van der Waals surface area contributed by atoms with Crippen molar-refractivity contribution in [1.29, 1.82) is 0 Å². The van der Waals surface area contributed by atoms with Crippen LogP contribution in [0, 0.1) is 6.92 Å². The van der Waals surface area contributed by atoms with Crippen LogP contribution in [-0.4, -0.2) is 40.8 Å². The Kier molecular flexibility index (Phi) is 4.92. The predicted molar refractivity (Wildman–Crippen MR) is 113 cm³/mol. The van der Waals surface area contributed by atoms with Gasteiger partial charge in [-0.2, -0.15) is 0 Å². The monoisotopic (exact) mass is 389 g/mol. The summed E-state index contributed by atoms with van der Waals surface area (Å²) in [4.78, 5) is 42.6. The maximum Gasteiger partial charge on any atom is 0.256 e.